The number of hydrogen-bond acceptors (Lipinski definition) is 8. The van der Waals surface area contributed by atoms with Gasteiger partial charge in [0.2, 0.25) is 11.1 Å². The normalized spacial score (nSPS) is 19.7. The molecule has 1 aliphatic heterocycles. The van der Waals surface area contributed by atoms with E-state index < -0.39 is 6.29 Å². The van der Waals surface area contributed by atoms with Crippen molar-refractivity contribution in [2.75, 3.05) is 5.75 Å². The molecular weight excluding hydrogens is 586 g/mol. The Hall–Kier alpha value is -4.35. The summed E-state index contributed by atoms with van der Waals surface area (Å²) in [6, 6.07) is 34.1. The largest absolute Gasteiger partial charge is 0.392 e. The van der Waals surface area contributed by atoms with E-state index in [0.29, 0.717) is 17.5 Å². The van der Waals surface area contributed by atoms with Gasteiger partial charge in [-0.05, 0) is 56.4 Å². The molecule has 1 aliphatic rings. The molecule has 1 saturated heterocycles. The molecule has 45 heavy (non-hydrogen) atoms. The maximum Gasteiger partial charge on any atom is 0.217 e. The second-order valence-electron chi connectivity index (χ2n) is 11.1. The van der Waals surface area contributed by atoms with Gasteiger partial charge in [-0.25, -0.2) is 0 Å². The molecule has 0 saturated carbocycles. The number of thioether (sulfide) groups is 1. The minimum absolute atomic E-state index is 0.00894. The topological polar surface area (TPSA) is 111 Å². The lowest BCUT2D eigenvalue weighted by atomic mass is 9.91. The Morgan fingerprint density at radius 2 is 1.64 bits per heavy atom. The summed E-state index contributed by atoms with van der Waals surface area (Å²) in [5.74, 6) is 0.597. The van der Waals surface area contributed by atoms with E-state index in [1.54, 1.807) is 16.4 Å². The van der Waals surface area contributed by atoms with Crippen LogP contribution in [-0.4, -0.2) is 43.1 Å². The van der Waals surface area contributed by atoms with E-state index in [0.717, 1.165) is 39.1 Å². The van der Waals surface area contributed by atoms with Crippen molar-refractivity contribution in [3.05, 3.63) is 125 Å². The van der Waals surface area contributed by atoms with Gasteiger partial charge in [0.05, 0.1) is 24.5 Å². The first-order valence-electron chi connectivity index (χ1n) is 14.9. The SMILES string of the molecule is CC(=O)NCc1cccc(-c2ccc([C@H]3O[C@@H](CSc4nnnn4-c4ccccc4)[C@@H](C)[C@@H](c4ccc(CO)cc4)O3)cc2)c1. The van der Waals surface area contributed by atoms with Crippen LogP contribution in [0.2, 0.25) is 0 Å². The van der Waals surface area contributed by atoms with Crippen molar-refractivity contribution in [2.24, 2.45) is 5.92 Å². The number of nitrogens with one attached hydrogen (secondary N) is 1. The third-order valence-electron chi connectivity index (χ3n) is 7.93. The number of para-hydroxylation sites is 1. The molecule has 1 fully saturated rings. The highest BCUT2D eigenvalue weighted by Crippen LogP contribution is 2.43. The van der Waals surface area contributed by atoms with Gasteiger partial charge in [0, 0.05) is 30.7 Å². The molecule has 0 spiro atoms. The van der Waals surface area contributed by atoms with Gasteiger partial charge in [0.15, 0.2) is 6.29 Å². The minimum atomic E-state index is -0.584. The number of carbonyl (C=O) groups excluding carboxylic acids is 1. The maximum absolute atomic E-state index is 11.4. The van der Waals surface area contributed by atoms with E-state index >= 15 is 0 Å². The Morgan fingerprint density at radius 1 is 0.889 bits per heavy atom. The van der Waals surface area contributed by atoms with E-state index in [4.69, 9.17) is 9.47 Å². The fourth-order valence-corrected chi connectivity index (χ4v) is 6.44. The van der Waals surface area contributed by atoms with Crippen molar-refractivity contribution in [1.82, 2.24) is 25.5 Å². The Bertz CT molecular complexity index is 1710. The second kappa shape index (κ2) is 14.2. The number of nitrogens with zero attached hydrogens (tertiary/aromatic N) is 4. The fourth-order valence-electron chi connectivity index (χ4n) is 5.39. The third-order valence-corrected chi connectivity index (χ3v) is 8.93. The third kappa shape index (κ3) is 7.32. The number of benzene rings is 4. The molecule has 1 aromatic heterocycles. The zero-order chi connectivity index (χ0) is 31.2. The number of tetrazole rings is 1. The summed E-state index contributed by atoms with van der Waals surface area (Å²) in [4.78, 5) is 11.4. The molecule has 9 nitrogen and oxygen atoms in total. The van der Waals surface area contributed by atoms with Crippen LogP contribution in [-0.2, 0) is 27.4 Å². The summed E-state index contributed by atoms with van der Waals surface area (Å²) in [6.45, 7) is 4.14. The molecule has 0 aliphatic carbocycles. The molecule has 0 bridgehead atoms. The number of hydrogen-bond donors (Lipinski definition) is 2. The number of aliphatic hydroxyl groups excluding tert-OH is 1. The van der Waals surface area contributed by atoms with Gasteiger partial charge in [0.1, 0.15) is 0 Å². The molecule has 10 heteroatoms. The van der Waals surface area contributed by atoms with Crippen molar-refractivity contribution in [3.63, 3.8) is 0 Å². The molecule has 5 aromatic rings. The molecule has 0 radical (unpaired) electrons. The van der Waals surface area contributed by atoms with Gasteiger partial charge >= 0.3 is 0 Å². The average Bonchev–Trinajstić information content (AvgIpc) is 3.56. The predicted octanol–water partition coefficient (Wildman–Crippen LogP) is 6.04. The summed E-state index contributed by atoms with van der Waals surface area (Å²) in [5.41, 5.74) is 6.86. The molecule has 0 unspecified atom stereocenters. The lowest BCUT2D eigenvalue weighted by molar-refractivity contribution is -0.268. The first-order chi connectivity index (χ1) is 22.0. The molecule has 1 amide bonds. The van der Waals surface area contributed by atoms with Gasteiger partial charge in [-0.1, -0.05) is 104 Å². The number of carbonyl (C=O) groups is 1. The van der Waals surface area contributed by atoms with Crippen LogP contribution in [0.5, 0.6) is 0 Å². The highest BCUT2D eigenvalue weighted by Gasteiger charge is 2.38. The van der Waals surface area contributed by atoms with E-state index in [9.17, 15) is 9.90 Å². The molecule has 4 aromatic carbocycles. The van der Waals surface area contributed by atoms with Crippen LogP contribution >= 0.6 is 11.8 Å². The van der Waals surface area contributed by atoms with Crippen LogP contribution in [0.15, 0.2) is 108 Å². The fraction of sp³-hybridized carbons (Fsp3) is 0.257. The van der Waals surface area contributed by atoms with E-state index in [-0.39, 0.29) is 30.6 Å². The first kappa shape index (κ1) is 30.7. The number of amides is 1. The highest BCUT2D eigenvalue weighted by atomic mass is 32.2. The van der Waals surface area contributed by atoms with Gasteiger partial charge in [0.25, 0.3) is 0 Å². The van der Waals surface area contributed by atoms with Gasteiger partial charge in [-0.2, -0.15) is 4.68 Å². The van der Waals surface area contributed by atoms with E-state index in [1.165, 1.54) is 6.92 Å². The van der Waals surface area contributed by atoms with Crippen molar-refractivity contribution in [2.45, 2.75) is 50.7 Å². The van der Waals surface area contributed by atoms with Crippen LogP contribution in [0.4, 0.5) is 0 Å². The van der Waals surface area contributed by atoms with Crippen LogP contribution in [0.3, 0.4) is 0 Å². The lowest BCUT2D eigenvalue weighted by Crippen LogP contribution is -2.38. The summed E-state index contributed by atoms with van der Waals surface area (Å²) < 4.78 is 15.0. The Balaban J connectivity index is 1.23. The molecule has 6 rings (SSSR count). The number of aromatic nitrogens is 4. The monoisotopic (exact) mass is 621 g/mol. The van der Waals surface area contributed by atoms with Crippen LogP contribution < -0.4 is 5.32 Å². The maximum atomic E-state index is 11.4. The highest BCUT2D eigenvalue weighted by molar-refractivity contribution is 7.99. The Kier molecular flexibility index (Phi) is 9.66. The first-order valence-corrected chi connectivity index (χ1v) is 15.9. The standard InChI is InChI=1S/C35H35N5O4S/c1-23-32(22-45-35-37-38-39-40(35)31-9-4-3-5-10-31)43-34(44-33(23)28-13-11-25(21-41)12-14-28)29-17-15-27(16-18-29)30-8-6-7-26(19-30)20-36-24(2)42/h3-19,23,32-34,41H,20-22H2,1-2H3,(H,36,42)/t23-,32+,33+,34+/m1/s1. The summed E-state index contributed by atoms with van der Waals surface area (Å²) in [6.07, 6.45) is -0.973. The lowest BCUT2D eigenvalue weighted by Gasteiger charge is -2.41. The summed E-state index contributed by atoms with van der Waals surface area (Å²) in [7, 11) is 0. The van der Waals surface area contributed by atoms with Crippen molar-refractivity contribution < 1.29 is 19.4 Å². The van der Waals surface area contributed by atoms with E-state index in [1.807, 2.05) is 78.9 Å². The Labute approximate surface area is 266 Å². The van der Waals surface area contributed by atoms with Crippen molar-refractivity contribution in [3.8, 4) is 16.8 Å². The average molecular weight is 622 g/mol. The van der Waals surface area contributed by atoms with Gasteiger partial charge < -0.3 is 19.9 Å². The minimum Gasteiger partial charge on any atom is -0.392 e. The quantitative estimate of drug-likeness (QED) is 0.182. The zero-order valence-corrected chi connectivity index (χ0v) is 25.9. The van der Waals surface area contributed by atoms with Crippen LogP contribution in [0, 0.1) is 5.92 Å². The van der Waals surface area contributed by atoms with Crippen LogP contribution in [0.25, 0.3) is 16.8 Å². The zero-order valence-electron chi connectivity index (χ0n) is 25.1. The van der Waals surface area contributed by atoms with Gasteiger partial charge in [-0.15, -0.1) is 5.10 Å². The molecule has 230 valence electrons. The number of aliphatic hydroxyl groups is 1. The summed E-state index contributed by atoms with van der Waals surface area (Å²) in [5, 5.41) is 25.5. The predicted molar refractivity (Wildman–Crippen MR) is 172 cm³/mol. The number of rotatable bonds is 10. The molecule has 4 atom stereocenters. The van der Waals surface area contributed by atoms with Crippen molar-refractivity contribution in [1.29, 1.82) is 0 Å². The number of ether oxygens (including phenoxy) is 2. The van der Waals surface area contributed by atoms with Gasteiger partial charge in [-0.3, -0.25) is 4.79 Å². The summed E-state index contributed by atoms with van der Waals surface area (Å²) >= 11 is 1.55. The molecule has 2 N–H and O–H groups in total. The van der Waals surface area contributed by atoms with E-state index in [2.05, 4.69) is 52.0 Å². The molecule has 2 heterocycles. The Morgan fingerprint density at radius 3 is 2.38 bits per heavy atom. The second-order valence-corrected chi connectivity index (χ2v) is 12.1. The molecular formula is C35H35N5O4S. The van der Waals surface area contributed by atoms with Crippen molar-refractivity contribution >= 4 is 17.7 Å². The smallest absolute Gasteiger partial charge is 0.217 e. The van der Waals surface area contributed by atoms with Crippen LogP contribution in [0.1, 0.15) is 48.5 Å².